The van der Waals surface area contributed by atoms with E-state index in [1.54, 1.807) is 0 Å². The van der Waals surface area contributed by atoms with Crippen LogP contribution in [0.3, 0.4) is 0 Å². The van der Waals surface area contributed by atoms with Gasteiger partial charge in [0.2, 0.25) is 5.91 Å². The molecule has 7 heteroatoms. The third kappa shape index (κ3) is 5.74. The molecule has 152 valence electrons. The van der Waals surface area contributed by atoms with Crippen LogP contribution < -0.4 is 10.1 Å². The van der Waals surface area contributed by atoms with E-state index in [-0.39, 0.29) is 11.7 Å². The first-order valence-corrected chi connectivity index (χ1v) is 11.2. The Hall–Kier alpha value is -2.02. The Morgan fingerprint density at radius 2 is 2.04 bits per heavy atom. The summed E-state index contributed by atoms with van der Waals surface area (Å²) >= 11 is 1.41. The van der Waals surface area contributed by atoms with E-state index in [4.69, 9.17) is 4.74 Å². The van der Waals surface area contributed by atoms with E-state index in [1.807, 2.05) is 42.8 Å². The van der Waals surface area contributed by atoms with Crippen LogP contribution in [0.15, 0.2) is 29.4 Å². The Kier molecular flexibility index (Phi) is 7.77. The van der Waals surface area contributed by atoms with Crippen molar-refractivity contribution in [1.82, 2.24) is 14.8 Å². The number of nitrogens with zero attached hydrogens (tertiary/aromatic N) is 3. The van der Waals surface area contributed by atoms with Gasteiger partial charge in [0.25, 0.3) is 0 Å². The summed E-state index contributed by atoms with van der Waals surface area (Å²) in [5, 5.41) is 12.3. The number of thioether (sulfide) groups is 1. The van der Waals surface area contributed by atoms with Crippen LogP contribution in [0, 0.1) is 5.92 Å². The first-order chi connectivity index (χ1) is 13.7. The number of aryl methyl sites for hydroxylation is 1. The summed E-state index contributed by atoms with van der Waals surface area (Å²) in [6.07, 6.45) is 8.97. The van der Waals surface area contributed by atoms with Crippen LogP contribution in [0.25, 0.3) is 0 Å². The van der Waals surface area contributed by atoms with E-state index in [2.05, 4.69) is 15.5 Å². The molecule has 1 amide bonds. The lowest BCUT2D eigenvalue weighted by Gasteiger charge is -2.20. The zero-order valence-electron chi connectivity index (χ0n) is 16.8. The second-order valence-corrected chi connectivity index (χ2v) is 8.21. The van der Waals surface area contributed by atoms with Crippen LogP contribution in [-0.2, 0) is 18.3 Å². The smallest absolute Gasteiger partial charge is 0.234 e. The van der Waals surface area contributed by atoms with Gasteiger partial charge in [0, 0.05) is 13.5 Å². The average molecular weight is 403 g/mol. The second-order valence-electron chi connectivity index (χ2n) is 7.27. The number of aromatic nitrogens is 3. The summed E-state index contributed by atoms with van der Waals surface area (Å²) in [4.78, 5) is 12.3. The van der Waals surface area contributed by atoms with E-state index in [1.165, 1.54) is 50.3 Å². The first-order valence-electron chi connectivity index (χ1n) is 10.2. The predicted octanol–water partition coefficient (Wildman–Crippen LogP) is 4.46. The molecule has 0 atom stereocenters. The van der Waals surface area contributed by atoms with Crippen molar-refractivity contribution in [2.24, 2.45) is 13.0 Å². The Bertz CT molecular complexity index is 772. The third-order valence-electron chi connectivity index (χ3n) is 5.22. The Morgan fingerprint density at radius 1 is 1.25 bits per heavy atom. The molecule has 1 fully saturated rings. The molecule has 3 rings (SSSR count). The number of para-hydroxylation sites is 2. The predicted molar refractivity (Wildman–Crippen MR) is 113 cm³/mol. The number of hydrogen-bond acceptors (Lipinski definition) is 5. The highest BCUT2D eigenvalue weighted by Crippen LogP contribution is 2.28. The molecule has 0 bridgehead atoms. The molecule has 1 heterocycles. The fraction of sp³-hybridized carbons (Fsp3) is 0.571. The van der Waals surface area contributed by atoms with Crippen molar-refractivity contribution >= 4 is 23.4 Å². The molecule has 2 aromatic rings. The molecule has 0 radical (unpaired) electrons. The lowest BCUT2D eigenvalue weighted by Crippen LogP contribution is -2.15. The zero-order valence-corrected chi connectivity index (χ0v) is 17.6. The number of benzene rings is 1. The molecule has 0 unspecified atom stereocenters. The van der Waals surface area contributed by atoms with Crippen molar-refractivity contribution < 1.29 is 9.53 Å². The Labute approximate surface area is 171 Å². The quantitative estimate of drug-likeness (QED) is 0.627. The van der Waals surface area contributed by atoms with Crippen LogP contribution in [0.2, 0.25) is 0 Å². The number of nitrogens with one attached hydrogen (secondary N) is 1. The molecular formula is C21H30N4O2S. The number of anilines is 1. The van der Waals surface area contributed by atoms with E-state index < -0.39 is 0 Å². The van der Waals surface area contributed by atoms with Crippen LogP contribution in [0.4, 0.5) is 5.69 Å². The molecule has 1 saturated carbocycles. The van der Waals surface area contributed by atoms with Gasteiger partial charge >= 0.3 is 0 Å². The monoisotopic (exact) mass is 402 g/mol. The summed E-state index contributed by atoms with van der Waals surface area (Å²) in [7, 11) is 1.99. The fourth-order valence-electron chi connectivity index (χ4n) is 3.67. The Morgan fingerprint density at radius 3 is 2.82 bits per heavy atom. The molecule has 0 spiro atoms. The van der Waals surface area contributed by atoms with Crippen LogP contribution in [0.5, 0.6) is 5.75 Å². The molecule has 1 aromatic carbocycles. The maximum absolute atomic E-state index is 12.3. The highest BCUT2D eigenvalue weighted by atomic mass is 32.2. The van der Waals surface area contributed by atoms with Crippen molar-refractivity contribution in [2.75, 3.05) is 17.7 Å². The second kappa shape index (κ2) is 10.5. The number of carbonyl (C=O) groups is 1. The standard InChI is InChI=1S/C21H30N4O2S/c1-3-27-18-12-8-7-11-17(18)22-20(26)15-28-21-24-23-19(25(21)2)14-13-16-9-5-4-6-10-16/h7-8,11-12,16H,3-6,9-10,13-15H2,1-2H3,(H,22,26). The molecule has 0 saturated heterocycles. The van der Waals surface area contributed by atoms with Gasteiger partial charge in [0.05, 0.1) is 18.0 Å². The third-order valence-corrected chi connectivity index (χ3v) is 6.24. The van der Waals surface area contributed by atoms with Gasteiger partial charge in [-0.25, -0.2) is 0 Å². The lowest BCUT2D eigenvalue weighted by molar-refractivity contribution is -0.113. The largest absolute Gasteiger partial charge is 0.492 e. The van der Waals surface area contributed by atoms with E-state index in [0.717, 1.165) is 23.3 Å². The van der Waals surface area contributed by atoms with Crippen LogP contribution in [0.1, 0.15) is 51.3 Å². The van der Waals surface area contributed by atoms with Crippen molar-refractivity contribution in [3.05, 3.63) is 30.1 Å². The number of hydrogen-bond donors (Lipinski definition) is 1. The summed E-state index contributed by atoms with van der Waals surface area (Å²) in [5.41, 5.74) is 0.695. The van der Waals surface area contributed by atoms with Gasteiger partial charge in [-0.15, -0.1) is 10.2 Å². The lowest BCUT2D eigenvalue weighted by atomic mass is 9.86. The minimum atomic E-state index is -0.0797. The van der Waals surface area contributed by atoms with Gasteiger partial charge in [-0.2, -0.15) is 0 Å². The normalized spacial score (nSPS) is 14.8. The number of ether oxygens (including phenoxy) is 1. The average Bonchev–Trinajstić information content (AvgIpc) is 3.07. The summed E-state index contributed by atoms with van der Waals surface area (Å²) in [5.74, 6) is 2.73. The van der Waals surface area contributed by atoms with Crippen molar-refractivity contribution in [1.29, 1.82) is 0 Å². The number of carbonyl (C=O) groups excluding carboxylic acids is 1. The minimum Gasteiger partial charge on any atom is -0.492 e. The van der Waals surface area contributed by atoms with Crippen molar-refractivity contribution in [3.8, 4) is 5.75 Å². The molecule has 1 N–H and O–H groups in total. The van der Waals surface area contributed by atoms with E-state index in [0.29, 0.717) is 18.0 Å². The minimum absolute atomic E-state index is 0.0797. The van der Waals surface area contributed by atoms with Crippen molar-refractivity contribution in [3.63, 3.8) is 0 Å². The zero-order chi connectivity index (χ0) is 19.8. The van der Waals surface area contributed by atoms with Gasteiger partial charge in [0.1, 0.15) is 11.6 Å². The van der Waals surface area contributed by atoms with Crippen LogP contribution >= 0.6 is 11.8 Å². The summed E-state index contributed by atoms with van der Waals surface area (Å²) < 4.78 is 7.57. The SMILES string of the molecule is CCOc1ccccc1NC(=O)CSc1nnc(CCC2CCCCC2)n1C. The van der Waals surface area contributed by atoms with E-state index >= 15 is 0 Å². The molecule has 1 aliphatic carbocycles. The van der Waals surface area contributed by atoms with Gasteiger partial charge in [-0.1, -0.05) is 56.0 Å². The van der Waals surface area contributed by atoms with Gasteiger partial charge < -0.3 is 14.6 Å². The maximum atomic E-state index is 12.3. The number of amides is 1. The summed E-state index contributed by atoms with van der Waals surface area (Å²) in [6, 6.07) is 7.48. The summed E-state index contributed by atoms with van der Waals surface area (Å²) in [6.45, 7) is 2.48. The van der Waals surface area contributed by atoms with Crippen LogP contribution in [-0.4, -0.2) is 33.0 Å². The van der Waals surface area contributed by atoms with E-state index in [9.17, 15) is 4.79 Å². The molecule has 0 aliphatic heterocycles. The fourth-order valence-corrected chi connectivity index (χ4v) is 4.40. The molecule has 6 nitrogen and oxygen atoms in total. The molecule has 1 aromatic heterocycles. The molecular weight excluding hydrogens is 372 g/mol. The molecule has 1 aliphatic rings. The highest BCUT2D eigenvalue weighted by Gasteiger charge is 2.16. The van der Waals surface area contributed by atoms with Crippen molar-refractivity contribution in [2.45, 2.75) is 57.0 Å². The number of rotatable bonds is 9. The Balaban J connectivity index is 1.49. The van der Waals surface area contributed by atoms with Gasteiger partial charge in [-0.3, -0.25) is 4.79 Å². The highest BCUT2D eigenvalue weighted by molar-refractivity contribution is 7.99. The maximum Gasteiger partial charge on any atom is 0.234 e. The first kappa shape index (κ1) is 20.7. The molecule has 28 heavy (non-hydrogen) atoms. The van der Waals surface area contributed by atoms with Gasteiger partial charge in [0.15, 0.2) is 5.16 Å². The van der Waals surface area contributed by atoms with Gasteiger partial charge in [-0.05, 0) is 31.4 Å². The topological polar surface area (TPSA) is 69.0 Å².